The summed E-state index contributed by atoms with van der Waals surface area (Å²) < 4.78 is 5.05. The van der Waals surface area contributed by atoms with E-state index in [1.54, 1.807) is 7.05 Å². The summed E-state index contributed by atoms with van der Waals surface area (Å²) in [6.45, 7) is 4.42. The molecular formula is C15H24N2O2. The van der Waals surface area contributed by atoms with Crippen molar-refractivity contribution in [3.05, 3.63) is 11.6 Å². The number of ether oxygens (including phenoxy) is 1. The summed E-state index contributed by atoms with van der Waals surface area (Å²) >= 11 is 0. The Balaban J connectivity index is 2.60. The molecular weight excluding hydrogens is 240 g/mol. The van der Waals surface area contributed by atoms with Crippen LogP contribution in [-0.4, -0.2) is 31.7 Å². The number of nitrogens with zero attached hydrogens (tertiary/aromatic N) is 2. The maximum Gasteiger partial charge on any atom is 0.309 e. The van der Waals surface area contributed by atoms with Gasteiger partial charge in [0.15, 0.2) is 0 Å². The van der Waals surface area contributed by atoms with Crippen LogP contribution < -0.4 is 0 Å². The zero-order chi connectivity index (χ0) is 14.1. The van der Waals surface area contributed by atoms with Gasteiger partial charge in [0.25, 0.3) is 0 Å². The van der Waals surface area contributed by atoms with E-state index in [-0.39, 0.29) is 11.9 Å². The quantitative estimate of drug-likeness (QED) is 0.435. The number of aliphatic imine (C=N–C) groups is 2. The first-order chi connectivity index (χ1) is 9.22. The molecule has 1 unspecified atom stereocenters. The van der Waals surface area contributed by atoms with Crippen LogP contribution in [0.2, 0.25) is 0 Å². The molecule has 0 aliphatic heterocycles. The third kappa shape index (κ3) is 4.97. The molecule has 4 heteroatoms. The van der Waals surface area contributed by atoms with Crippen molar-refractivity contribution in [3.63, 3.8) is 0 Å². The lowest BCUT2D eigenvalue weighted by Gasteiger charge is -2.20. The number of hydrogen-bond donors (Lipinski definition) is 0. The van der Waals surface area contributed by atoms with Crippen LogP contribution in [0.5, 0.6) is 0 Å². The van der Waals surface area contributed by atoms with Crippen molar-refractivity contribution < 1.29 is 9.53 Å². The van der Waals surface area contributed by atoms with E-state index in [2.05, 4.69) is 23.0 Å². The molecule has 0 amide bonds. The monoisotopic (exact) mass is 264 g/mol. The number of carbonyl (C=O) groups excluding carboxylic acids is 1. The van der Waals surface area contributed by atoms with Crippen molar-refractivity contribution in [2.45, 2.75) is 46.0 Å². The van der Waals surface area contributed by atoms with Crippen molar-refractivity contribution in [2.24, 2.45) is 15.9 Å². The van der Waals surface area contributed by atoms with Crippen LogP contribution in [0, 0.1) is 5.92 Å². The van der Waals surface area contributed by atoms with Crippen molar-refractivity contribution >= 4 is 18.0 Å². The van der Waals surface area contributed by atoms with Gasteiger partial charge in [-0.2, -0.15) is 0 Å². The van der Waals surface area contributed by atoms with E-state index in [0.29, 0.717) is 6.61 Å². The number of amidine groups is 1. The summed E-state index contributed by atoms with van der Waals surface area (Å²) in [5.74, 6) is 0.722. The van der Waals surface area contributed by atoms with E-state index in [1.807, 2.05) is 13.1 Å². The molecule has 0 saturated carbocycles. The number of allylic oxidation sites excluding steroid dienone is 1. The number of esters is 1. The molecule has 4 nitrogen and oxygen atoms in total. The van der Waals surface area contributed by atoms with E-state index in [0.717, 1.165) is 43.5 Å². The van der Waals surface area contributed by atoms with Crippen LogP contribution in [0.25, 0.3) is 0 Å². The molecule has 106 valence electrons. The third-order valence-electron chi connectivity index (χ3n) is 3.16. The fourth-order valence-corrected chi connectivity index (χ4v) is 2.08. The highest BCUT2D eigenvalue weighted by Gasteiger charge is 2.23. The Kier molecular flexibility index (Phi) is 7.08. The second-order valence-electron chi connectivity index (χ2n) is 4.60. The molecule has 0 aromatic heterocycles. The second-order valence-corrected chi connectivity index (χ2v) is 4.60. The third-order valence-corrected chi connectivity index (χ3v) is 3.16. The number of carbonyl (C=O) groups is 1. The number of rotatable bonds is 5. The first kappa shape index (κ1) is 15.6. The SMILES string of the molecule is CCC/C=N\C(=N/C)C1=CCC(C(=O)OCC)CC1. The minimum Gasteiger partial charge on any atom is -0.466 e. The summed E-state index contributed by atoms with van der Waals surface area (Å²) in [4.78, 5) is 20.3. The summed E-state index contributed by atoms with van der Waals surface area (Å²) in [5.41, 5.74) is 1.15. The predicted octanol–water partition coefficient (Wildman–Crippen LogP) is 3.18. The van der Waals surface area contributed by atoms with E-state index in [4.69, 9.17) is 4.74 Å². The van der Waals surface area contributed by atoms with E-state index in [1.165, 1.54) is 0 Å². The topological polar surface area (TPSA) is 51.0 Å². The summed E-state index contributed by atoms with van der Waals surface area (Å²) in [7, 11) is 1.76. The van der Waals surface area contributed by atoms with Crippen LogP contribution >= 0.6 is 0 Å². The normalized spacial score (nSPS) is 20.5. The van der Waals surface area contributed by atoms with Gasteiger partial charge >= 0.3 is 5.97 Å². The van der Waals surface area contributed by atoms with Crippen LogP contribution in [0.1, 0.15) is 46.0 Å². The van der Waals surface area contributed by atoms with Gasteiger partial charge in [-0.3, -0.25) is 9.79 Å². The molecule has 0 fully saturated rings. The first-order valence-electron chi connectivity index (χ1n) is 7.08. The zero-order valence-electron chi connectivity index (χ0n) is 12.2. The summed E-state index contributed by atoms with van der Waals surface area (Å²) in [5, 5.41) is 0. The van der Waals surface area contributed by atoms with Gasteiger partial charge in [0.05, 0.1) is 12.5 Å². The van der Waals surface area contributed by atoms with Gasteiger partial charge in [-0.25, -0.2) is 4.99 Å². The summed E-state index contributed by atoms with van der Waals surface area (Å²) in [6.07, 6.45) is 8.46. The molecule has 0 radical (unpaired) electrons. The Hall–Kier alpha value is -1.45. The zero-order valence-corrected chi connectivity index (χ0v) is 12.2. The van der Waals surface area contributed by atoms with Crippen molar-refractivity contribution in [2.75, 3.05) is 13.7 Å². The van der Waals surface area contributed by atoms with Gasteiger partial charge in [-0.05, 0) is 38.2 Å². The van der Waals surface area contributed by atoms with E-state index in [9.17, 15) is 4.79 Å². The molecule has 0 saturated heterocycles. The lowest BCUT2D eigenvalue weighted by molar-refractivity contribution is -0.148. The fraction of sp³-hybridized carbons (Fsp3) is 0.667. The Labute approximate surface area is 115 Å². The molecule has 0 N–H and O–H groups in total. The predicted molar refractivity (Wildman–Crippen MR) is 78.8 cm³/mol. The highest BCUT2D eigenvalue weighted by atomic mass is 16.5. The number of hydrogen-bond acceptors (Lipinski definition) is 3. The lowest BCUT2D eigenvalue weighted by atomic mass is 9.89. The van der Waals surface area contributed by atoms with E-state index < -0.39 is 0 Å². The molecule has 0 spiro atoms. The minimum absolute atomic E-state index is 0.00132. The Morgan fingerprint density at radius 1 is 1.53 bits per heavy atom. The maximum atomic E-state index is 11.6. The van der Waals surface area contributed by atoms with Crippen molar-refractivity contribution in [3.8, 4) is 0 Å². The largest absolute Gasteiger partial charge is 0.466 e. The molecule has 0 aromatic rings. The summed E-state index contributed by atoms with van der Waals surface area (Å²) in [6, 6.07) is 0. The highest BCUT2D eigenvalue weighted by molar-refractivity contribution is 6.02. The van der Waals surface area contributed by atoms with Gasteiger partial charge in [-0.1, -0.05) is 19.4 Å². The Morgan fingerprint density at radius 3 is 2.84 bits per heavy atom. The molecule has 19 heavy (non-hydrogen) atoms. The average molecular weight is 264 g/mol. The van der Waals surface area contributed by atoms with Gasteiger partial charge < -0.3 is 4.74 Å². The lowest BCUT2D eigenvalue weighted by Crippen LogP contribution is -2.21. The van der Waals surface area contributed by atoms with Gasteiger partial charge in [0.1, 0.15) is 5.84 Å². The van der Waals surface area contributed by atoms with Crippen LogP contribution in [0.3, 0.4) is 0 Å². The molecule has 0 heterocycles. The molecule has 1 rings (SSSR count). The minimum atomic E-state index is -0.0812. The highest BCUT2D eigenvalue weighted by Crippen LogP contribution is 2.25. The van der Waals surface area contributed by atoms with E-state index >= 15 is 0 Å². The first-order valence-corrected chi connectivity index (χ1v) is 7.08. The molecule has 0 bridgehead atoms. The van der Waals surface area contributed by atoms with Crippen LogP contribution in [-0.2, 0) is 9.53 Å². The molecule has 1 aliphatic rings. The molecule has 0 aromatic carbocycles. The Morgan fingerprint density at radius 2 is 2.32 bits per heavy atom. The molecule has 1 atom stereocenters. The van der Waals surface area contributed by atoms with Crippen molar-refractivity contribution in [1.82, 2.24) is 0 Å². The maximum absolute atomic E-state index is 11.6. The van der Waals surface area contributed by atoms with Gasteiger partial charge in [0, 0.05) is 13.3 Å². The molecule has 1 aliphatic carbocycles. The van der Waals surface area contributed by atoms with Gasteiger partial charge in [-0.15, -0.1) is 0 Å². The average Bonchev–Trinajstić information content (AvgIpc) is 2.44. The van der Waals surface area contributed by atoms with Crippen molar-refractivity contribution in [1.29, 1.82) is 0 Å². The number of unbranched alkanes of at least 4 members (excludes halogenated alkanes) is 1. The Bertz CT molecular complexity index is 384. The van der Waals surface area contributed by atoms with Gasteiger partial charge in [0.2, 0.25) is 0 Å². The van der Waals surface area contributed by atoms with Crippen LogP contribution in [0.15, 0.2) is 21.6 Å². The fourth-order valence-electron chi connectivity index (χ4n) is 2.08. The van der Waals surface area contributed by atoms with Crippen LogP contribution in [0.4, 0.5) is 0 Å². The standard InChI is InChI=1S/C15H24N2O2/c1-4-6-11-17-14(16-3)12-7-9-13(10-8-12)15(18)19-5-2/h7,11,13H,4-6,8-10H2,1-3H3/b16-14-,17-11-. The smallest absolute Gasteiger partial charge is 0.309 e. The second kappa shape index (κ2) is 8.62.